The molecule has 0 amide bonds. The number of nitrogens with one attached hydrogen (secondary N) is 2. The highest BCUT2D eigenvalue weighted by Gasteiger charge is 2.35. The third kappa shape index (κ3) is 3.99. The quantitative estimate of drug-likeness (QED) is 0.657. The minimum Gasteiger partial charge on any atom is -0.493 e. The summed E-state index contributed by atoms with van der Waals surface area (Å²) in [6.07, 6.45) is -1.42. The first kappa shape index (κ1) is 18.6. The second-order valence-electron chi connectivity index (χ2n) is 5.76. The lowest BCUT2D eigenvalue weighted by atomic mass is 9.95. The first-order valence-electron chi connectivity index (χ1n) is 8.07. The molecule has 0 fully saturated rings. The van der Waals surface area contributed by atoms with Crippen molar-refractivity contribution in [2.45, 2.75) is 12.2 Å². The molecule has 0 bridgehead atoms. The number of rotatable bonds is 6. The molecule has 0 saturated heterocycles. The maximum atomic E-state index is 13.5. The predicted octanol–water partition coefficient (Wildman–Crippen LogP) is 4.65. The SMILES string of the molecule is COc1ccc(NC(c2cn[nH]c2)c2ccccc2C(F)(F)F)cc1OC. The maximum Gasteiger partial charge on any atom is 0.416 e. The molecule has 1 atom stereocenters. The Balaban J connectivity index is 2.05. The first-order valence-corrected chi connectivity index (χ1v) is 8.07. The molecule has 1 aromatic heterocycles. The Morgan fingerprint density at radius 2 is 1.78 bits per heavy atom. The number of alkyl halides is 3. The third-order valence-corrected chi connectivity index (χ3v) is 4.12. The zero-order valence-electron chi connectivity index (χ0n) is 14.7. The zero-order chi connectivity index (χ0) is 19.4. The van der Waals surface area contributed by atoms with Crippen molar-refractivity contribution in [1.82, 2.24) is 10.2 Å². The number of ether oxygens (including phenoxy) is 2. The van der Waals surface area contributed by atoms with E-state index >= 15 is 0 Å². The van der Waals surface area contributed by atoms with Crippen molar-refractivity contribution in [1.29, 1.82) is 0 Å². The van der Waals surface area contributed by atoms with E-state index in [4.69, 9.17) is 9.47 Å². The molecule has 0 spiro atoms. The van der Waals surface area contributed by atoms with Crippen molar-refractivity contribution in [3.05, 3.63) is 71.5 Å². The normalized spacial score (nSPS) is 12.5. The molecule has 27 heavy (non-hydrogen) atoms. The number of H-pyrrole nitrogens is 1. The van der Waals surface area contributed by atoms with Gasteiger partial charge in [-0.2, -0.15) is 18.3 Å². The Morgan fingerprint density at radius 1 is 1.04 bits per heavy atom. The Hall–Kier alpha value is -3.16. The first-order chi connectivity index (χ1) is 12.9. The number of benzene rings is 2. The highest BCUT2D eigenvalue weighted by atomic mass is 19.4. The van der Waals surface area contributed by atoms with Gasteiger partial charge in [-0.15, -0.1) is 0 Å². The molecule has 3 rings (SSSR count). The monoisotopic (exact) mass is 377 g/mol. The summed E-state index contributed by atoms with van der Waals surface area (Å²) in [6.45, 7) is 0. The average Bonchev–Trinajstić information content (AvgIpc) is 3.19. The number of hydrogen-bond donors (Lipinski definition) is 2. The molecule has 0 aliphatic carbocycles. The molecule has 0 aliphatic heterocycles. The summed E-state index contributed by atoms with van der Waals surface area (Å²) >= 11 is 0. The van der Waals surface area contributed by atoms with Gasteiger partial charge in [0.25, 0.3) is 0 Å². The van der Waals surface area contributed by atoms with Crippen molar-refractivity contribution in [2.24, 2.45) is 0 Å². The molecule has 2 N–H and O–H groups in total. The van der Waals surface area contributed by atoms with Crippen molar-refractivity contribution in [2.75, 3.05) is 19.5 Å². The van der Waals surface area contributed by atoms with Crippen LogP contribution < -0.4 is 14.8 Å². The lowest BCUT2D eigenvalue weighted by Crippen LogP contribution is -2.18. The summed E-state index contributed by atoms with van der Waals surface area (Å²) in [5.41, 5.74) is 0.544. The van der Waals surface area contributed by atoms with E-state index in [1.165, 1.54) is 32.5 Å². The highest BCUT2D eigenvalue weighted by Crippen LogP contribution is 2.38. The van der Waals surface area contributed by atoms with Crippen LogP contribution in [-0.2, 0) is 6.18 Å². The van der Waals surface area contributed by atoms with Gasteiger partial charge in [0.2, 0.25) is 0 Å². The molecule has 1 heterocycles. The molecule has 3 aromatic rings. The standard InChI is InChI=1S/C19H18F3N3O2/c1-26-16-8-7-13(9-17(16)27-2)25-18(12-10-23-24-11-12)14-5-3-4-6-15(14)19(20,21)22/h3-11,18,25H,1-2H3,(H,23,24). The molecular weight excluding hydrogens is 359 g/mol. The van der Waals surface area contributed by atoms with Crippen LogP contribution in [-0.4, -0.2) is 24.4 Å². The molecule has 8 heteroatoms. The molecule has 0 saturated carbocycles. The summed E-state index contributed by atoms with van der Waals surface area (Å²) in [6, 6.07) is 9.77. The second kappa shape index (κ2) is 7.61. The van der Waals surface area contributed by atoms with E-state index in [2.05, 4.69) is 15.5 Å². The van der Waals surface area contributed by atoms with Gasteiger partial charge in [-0.25, -0.2) is 0 Å². The minimum atomic E-state index is -4.47. The lowest BCUT2D eigenvalue weighted by molar-refractivity contribution is -0.138. The van der Waals surface area contributed by atoms with E-state index in [1.807, 2.05) is 0 Å². The zero-order valence-corrected chi connectivity index (χ0v) is 14.7. The highest BCUT2D eigenvalue weighted by molar-refractivity contribution is 5.57. The van der Waals surface area contributed by atoms with Crippen LogP contribution in [0.25, 0.3) is 0 Å². The van der Waals surface area contributed by atoms with Crippen molar-refractivity contribution < 1.29 is 22.6 Å². The molecular formula is C19H18F3N3O2. The molecule has 0 radical (unpaired) electrons. The Bertz CT molecular complexity index is 895. The number of nitrogens with zero attached hydrogens (tertiary/aromatic N) is 1. The number of hydrogen-bond acceptors (Lipinski definition) is 4. The van der Waals surface area contributed by atoms with E-state index in [0.29, 0.717) is 22.7 Å². The molecule has 2 aromatic carbocycles. The van der Waals surface area contributed by atoms with Crippen molar-refractivity contribution >= 4 is 5.69 Å². The Kier molecular flexibility index (Phi) is 5.25. The fourth-order valence-electron chi connectivity index (χ4n) is 2.86. The van der Waals surface area contributed by atoms with Gasteiger partial charge in [-0.05, 0) is 23.8 Å². The average molecular weight is 377 g/mol. The van der Waals surface area contributed by atoms with Crippen LogP contribution in [0.15, 0.2) is 54.9 Å². The topological polar surface area (TPSA) is 59.2 Å². The van der Waals surface area contributed by atoms with Gasteiger partial charge >= 0.3 is 6.18 Å². The summed E-state index contributed by atoms with van der Waals surface area (Å²) in [4.78, 5) is 0. The largest absolute Gasteiger partial charge is 0.493 e. The minimum absolute atomic E-state index is 0.0983. The van der Waals surface area contributed by atoms with Gasteiger partial charge in [0, 0.05) is 23.5 Å². The van der Waals surface area contributed by atoms with Gasteiger partial charge in [-0.3, -0.25) is 5.10 Å². The van der Waals surface area contributed by atoms with Gasteiger partial charge in [0.05, 0.1) is 32.0 Å². The van der Waals surface area contributed by atoms with Crippen molar-refractivity contribution in [3.63, 3.8) is 0 Å². The van der Waals surface area contributed by atoms with Crippen LogP contribution in [0.1, 0.15) is 22.7 Å². The van der Waals surface area contributed by atoms with Crippen LogP contribution in [0.4, 0.5) is 18.9 Å². The summed E-state index contributed by atoms with van der Waals surface area (Å²) < 4.78 is 51.0. The molecule has 5 nitrogen and oxygen atoms in total. The number of aromatic amines is 1. The maximum absolute atomic E-state index is 13.5. The molecule has 0 aliphatic rings. The number of halogens is 3. The fourth-order valence-corrected chi connectivity index (χ4v) is 2.86. The lowest BCUT2D eigenvalue weighted by Gasteiger charge is -2.23. The Morgan fingerprint density at radius 3 is 2.41 bits per heavy atom. The van der Waals surface area contributed by atoms with Gasteiger partial charge < -0.3 is 14.8 Å². The van der Waals surface area contributed by atoms with Gasteiger partial charge in [-0.1, -0.05) is 18.2 Å². The summed E-state index contributed by atoms with van der Waals surface area (Å²) in [7, 11) is 3.01. The van der Waals surface area contributed by atoms with Gasteiger partial charge in [0.1, 0.15) is 0 Å². The van der Waals surface area contributed by atoms with Crippen molar-refractivity contribution in [3.8, 4) is 11.5 Å². The molecule has 1 unspecified atom stereocenters. The van der Waals surface area contributed by atoms with Crippen LogP contribution in [0.5, 0.6) is 11.5 Å². The van der Waals surface area contributed by atoms with Gasteiger partial charge in [0.15, 0.2) is 11.5 Å². The van der Waals surface area contributed by atoms with E-state index in [-0.39, 0.29) is 5.56 Å². The number of anilines is 1. The predicted molar refractivity (Wildman–Crippen MR) is 95.0 cm³/mol. The second-order valence-corrected chi connectivity index (χ2v) is 5.76. The van der Waals surface area contributed by atoms with Crippen LogP contribution >= 0.6 is 0 Å². The van der Waals surface area contributed by atoms with E-state index in [1.54, 1.807) is 30.5 Å². The van der Waals surface area contributed by atoms with E-state index in [9.17, 15) is 13.2 Å². The third-order valence-electron chi connectivity index (χ3n) is 4.12. The smallest absolute Gasteiger partial charge is 0.416 e. The van der Waals surface area contributed by atoms with E-state index in [0.717, 1.165) is 6.07 Å². The fraction of sp³-hybridized carbons (Fsp3) is 0.211. The Labute approximate surface area is 154 Å². The van der Waals surface area contributed by atoms with Crippen LogP contribution in [0, 0.1) is 0 Å². The number of aromatic nitrogens is 2. The van der Waals surface area contributed by atoms with Crippen LogP contribution in [0.3, 0.4) is 0 Å². The van der Waals surface area contributed by atoms with E-state index < -0.39 is 17.8 Å². The molecule has 142 valence electrons. The summed E-state index contributed by atoms with van der Waals surface area (Å²) in [5, 5.41) is 9.66. The van der Waals surface area contributed by atoms with Crippen LogP contribution in [0.2, 0.25) is 0 Å². The summed E-state index contributed by atoms with van der Waals surface area (Å²) in [5.74, 6) is 0.996. The number of methoxy groups -OCH3 is 2.